The largest absolute Gasteiger partial charge is 0.340 e. The first-order valence-electron chi connectivity index (χ1n) is 4.82. The van der Waals surface area contributed by atoms with Crippen molar-refractivity contribution in [3.8, 4) is 0 Å². The number of aryl methyl sites for hydroxylation is 1. The van der Waals surface area contributed by atoms with Crippen LogP contribution in [0.25, 0.3) is 0 Å². The number of hydrogen-bond donors (Lipinski definition) is 0. The highest BCUT2D eigenvalue weighted by atomic mass is 35.5. The van der Waals surface area contributed by atoms with Crippen molar-refractivity contribution >= 4 is 17.5 Å². The van der Waals surface area contributed by atoms with Crippen molar-refractivity contribution in [3.05, 3.63) is 29.6 Å². The summed E-state index contributed by atoms with van der Waals surface area (Å²) in [4.78, 5) is 17.5. The zero-order valence-corrected chi connectivity index (χ0v) is 9.95. The highest BCUT2D eigenvalue weighted by Gasteiger charge is 2.13. The SMILES string of the molecule is Cc1cncc(C(=O)N(C)CC(C)Cl)c1. The monoisotopic (exact) mass is 226 g/mol. The number of alkyl halides is 1. The van der Waals surface area contributed by atoms with E-state index in [1.165, 1.54) is 0 Å². The summed E-state index contributed by atoms with van der Waals surface area (Å²) < 4.78 is 0. The second-order valence-corrected chi connectivity index (χ2v) is 4.46. The van der Waals surface area contributed by atoms with E-state index in [0.717, 1.165) is 5.56 Å². The number of rotatable bonds is 3. The molecule has 0 aliphatic rings. The van der Waals surface area contributed by atoms with Gasteiger partial charge in [0, 0.05) is 31.4 Å². The maximum absolute atomic E-state index is 11.9. The van der Waals surface area contributed by atoms with Crippen LogP contribution in [0, 0.1) is 6.92 Å². The number of carbonyl (C=O) groups excluding carboxylic acids is 1. The zero-order chi connectivity index (χ0) is 11.4. The molecule has 1 heterocycles. The fraction of sp³-hybridized carbons (Fsp3) is 0.455. The third-order valence-electron chi connectivity index (χ3n) is 1.99. The molecular formula is C11H15ClN2O. The molecule has 15 heavy (non-hydrogen) atoms. The Labute approximate surface area is 95.1 Å². The normalized spacial score (nSPS) is 12.3. The molecule has 0 fully saturated rings. The van der Waals surface area contributed by atoms with Crippen LogP contribution < -0.4 is 0 Å². The molecule has 0 saturated carbocycles. The van der Waals surface area contributed by atoms with Crippen LogP contribution in [0.4, 0.5) is 0 Å². The quantitative estimate of drug-likeness (QED) is 0.740. The number of nitrogens with zero attached hydrogens (tertiary/aromatic N) is 2. The molecule has 82 valence electrons. The van der Waals surface area contributed by atoms with E-state index < -0.39 is 0 Å². The average Bonchev–Trinajstić information content (AvgIpc) is 2.15. The molecule has 0 aliphatic heterocycles. The standard InChI is InChI=1S/C11H15ClN2O/c1-8-4-10(6-13-5-8)11(15)14(3)7-9(2)12/h4-6,9H,7H2,1-3H3. The smallest absolute Gasteiger partial charge is 0.255 e. The van der Waals surface area contributed by atoms with Gasteiger partial charge in [-0.15, -0.1) is 11.6 Å². The summed E-state index contributed by atoms with van der Waals surface area (Å²) in [6.07, 6.45) is 3.30. The van der Waals surface area contributed by atoms with Crippen molar-refractivity contribution in [1.29, 1.82) is 0 Å². The Morgan fingerprint density at radius 1 is 1.60 bits per heavy atom. The van der Waals surface area contributed by atoms with Gasteiger partial charge >= 0.3 is 0 Å². The molecule has 0 bridgehead atoms. The molecule has 0 spiro atoms. The molecule has 0 aliphatic carbocycles. The van der Waals surface area contributed by atoms with Crippen molar-refractivity contribution in [1.82, 2.24) is 9.88 Å². The number of amides is 1. The van der Waals surface area contributed by atoms with Gasteiger partial charge in [0.25, 0.3) is 5.91 Å². The van der Waals surface area contributed by atoms with Gasteiger partial charge in [-0.1, -0.05) is 0 Å². The van der Waals surface area contributed by atoms with Gasteiger partial charge in [-0.25, -0.2) is 0 Å². The summed E-state index contributed by atoms with van der Waals surface area (Å²) in [5.74, 6) is -0.0429. The molecule has 0 saturated heterocycles. The summed E-state index contributed by atoms with van der Waals surface area (Å²) in [5, 5.41) is -0.0447. The van der Waals surface area contributed by atoms with E-state index in [1.54, 1.807) is 24.3 Å². The second kappa shape index (κ2) is 5.12. The van der Waals surface area contributed by atoms with Crippen molar-refractivity contribution in [3.63, 3.8) is 0 Å². The highest BCUT2D eigenvalue weighted by Crippen LogP contribution is 2.06. The lowest BCUT2D eigenvalue weighted by Crippen LogP contribution is -2.31. The third kappa shape index (κ3) is 3.51. The summed E-state index contributed by atoms with van der Waals surface area (Å²) >= 11 is 5.83. The van der Waals surface area contributed by atoms with Crippen molar-refractivity contribution in [2.75, 3.05) is 13.6 Å². The molecule has 1 rings (SSSR count). The molecule has 1 aromatic heterocycles. The van der Waals surface area contributed by atoms with Gasteiger partial charge in [-0.3, -0.25) is 9.78 Å². The van der Waals surface area contributed by atoms with E-state index in [9.17, 15) is 4.79 Å². The Balaban J connectivity index is 2.76. The number of carbonyl (C=O) groups is 1. The van der Waals surface area contributed by atoms with Gasteiger partial charge in [-0.05, 0) is 25.5 Å². The lowest BCUT2D eigenvalue weighted by atomic mass is 10.2. The predicted molar refractivity (Wildman–Crippen MR) is 61.2 cm³/mol. The van der Waals surface area contributed by atoms with Crippen molar-refractivity contribution in [2.45, 2.75) is 19.2 Å². The summed E-state index contributed by atoms with van der Waals surface area (Å²) in [5.41, 5.74) is 1.59. The number of pyridine rings is 1. The van der Waals surface area contributed by atoms with Crippen LogP contribution in [0.15, 0.2) is 18.5 Å². The average molecular weight is 227 g/mol. The number of hydrogen-bond acceptors (Lipinski definition) is 2. The Hall–Kier alpha value is -1.09. The first-order valence-corrected chi connectivity index (χ1v) is 5.25. The number of aromatic nitrogens is 1. The van der Waals surface area contributed by atoms with Crippen LogP contribution in [-0.2, 0) is 0 Å². The van der Waals surface area contributed by atoms with E-state index >= 15 is 0 Å². The molecule has 1 unspecified atom stereocenters. The van der Waals surface area contributed by atoms with Crippen LogP contribution in [-0.4, -0.2) is 34.8 Å². The summed E-state index contributed by atoms with van der Waals surface area (Å²) in [6, 6.07) is 1.82. The van der Waals surface area contributed by atoms with Crippen molar-refractivity contribution < 1.29 is 4.79 Å². The second-order valence-electron chi connectivity index (χ2n) is 3.72. The zero-order valence-electron chi connectivity index (χ0n) is 9.20. The fourth-order valence-corrected chi connectivity index (χ4v) is 1.56. The van der Waals surface area contributed by atoms with E-state index in [1.807, 2.05) is 19.9 Å². The van der Waals surface area contributed by atoms with E-state index in [4.69, 9.17) is 11.6 Å². The molecular weight excluding hydrogens is 212 g/mol. The van der Waals surface area contributed by atoms with Crippen LogP contribution in [0.1, 0.15) is 22.8 Å². The predicted octanol–water partition coefficient (Wildman–Crippen LogP) is 2.09. The Morgan fingerprint density at radius 2 is 2.27 bits per heavy atom. The minimum atomic E-state index is -0.0447. The number of halogens is 1. The topological polar surface area (TPSA) is 33.2 Å². The van der Waals surface area contributed by atoms with Crippen LogP contribution in [0.5, 0.6) is 0 Å². The lowest BCUT2D eigenvalue weighted by molar-refractivity contribution is 0.0795. The Morgan fingerprint density at radius 3 is 2.80 bits per heavy atom. The Bertz CT molecular complexity index is 352. The highest BCUT2D eigenvalue weighted by molar-refractivity contribution is 6.20. The Kier molecular flexibility index (Phi) is 4.09. The van der Waals surface area contributed by atoms with Gasteiger partial charge in [-0.2, -0.15) is 0 Å². The molecule has 3 nitrogen and oxygen atoms in total. The van der Waals surface area contributed by atoms with Gasteiger partial charge in [0.1, 0.15) is 0 Å². The molecule has 4 heteroatoms. The molecule has 1 atom stereocenters. The van der Waals surface area contributed by atoms with E-state index in [0.29, 0.717) is 12.1 Å². The van der Waals surface area contributed by atoms with E-state index in [2.05, 4.69) is 4.98 Å². The van der Waals surface area contributed by atoms with Gasteiger partial charge in [0.2, 0.25) is 0 Å². The maximum atomic E-state index is 11.9. The van der Waals surface area contributed by atoms with E-state index in [-0.39, 0.29) is 11.3 Å². The van der Waals surface area contributed by atoms with Crippen molar-refractivity contribution in [2.24, 2.45) is 0 Å². The molecule has 0 N–H and O–H groups in total. The van der Waals surface area contributed by atoms with Crippen LogP contribution in [0.2, 0.25) is 0 Å². The minimum Gasteiger partial charge on any atom is -0.340 e. The van der Waals surface area contributed by atoms with Gasteiger partial charge in [0.15, 0.2) is 0 Å². The molecule has 0 radical (unpaired) electrons. The third-order valence-corrected chi connectivity index (χ3v) is 2.13. The van der Waals surface area contributed by atoms with Crippen LogP contribution in [0.3, 0.4) is 0 Å². The minimum absolute atomic E-state index is 0.0429. The van der Waals surface area contributed by atoms with Crippen LogP contribution >= 0.6 is 11.6 Å². The van der Waals surface area contributed by atoms with Gasteiger partial charge < -0.3 is 4.90 Å². The molecule has 1 amide bonds. The molecule has 1 aromatic rings. The first-order chi connectivity index (χ1) is 7.00. The summed E-state index contributed by atoms with van der Waals surface area (Å²) in [6.45, 7) is 4.31. The first kappa shape index (κ1) is 12.0. The molecule has 0 aromatic carbocycles. The summed E-state index contributed by atoms with van der Waals surface area (Å²) in [7, 11) is 1.74. The maximum Gasteiger partial charge on any atom is 0.255 e. The lowest BCUT2D eigenvalue weighted by Gasteiger charge is -2.18. The fourth-order valence-electron chi connectivity index (χ4n) is 1.35. The van der Waals surface area contributed by atoms with Gasteiger partial charge in [0.05, 0.1) is 5.56 Å².